The lowest BCUT2D eigenvalue weighted by Crippen LogP contribution is -2.13. The molecule has 0 bridgehead atoms. The second-order valence-electron chi connectivity index (χ2n) is 2.20. The normalized spacial score (nSPS) is 14.4. The van der Waals surface area contributed by atoms with E-state index in [1.54, 1.807) is 26.8 Å². The minimum Gasteiger partial charge on any atom is -0.428 e. The van der Waals surface area contributed by atoms with E-state index < -0.39 is 12.3 Å². The van der Waals surface area contributed by atoms with Crippen LogP contribution in [0.25, 0.3) is 0 Å². The van der Waals surface area contributed by atoms with Crippen LogP contribution in [0.4, 0.5) is 4.39 Å². The number of alkyl halides is 1. The fourth-order valence-electron chi connectivity index (χ4n) is 0.410. The number of allylic oxidation sites excluding steroid dienone is 1. The molecule has 1 atom stereocenters. The third-order valence-corrected chi connectivity index (χ3v) is 1.31. The largest absolute Gasteiger partial charge is 0.428 e. The summed E-state index contributed by atoms with van der Waals surface area (Å²) in [4.78, 5) is 10.8. The van der Waals surface area contributed by atoms with Gasteiger partial charge in [0.15, 0.2) is 0 Å². The van der Waals surface area contributed by atoms with Gasteiger partial charge in [0.05, 0.1) is 0 Å². The second kappa shape index (κ2) is 4.88. The molecule has 0 radical (unpaired) electrons. The SMILES string of the molecule is CC=C(C)C(=O)OC(F)CC. The number of rotatable bonds is 3. The summed E-state index contributed by atoms with van der Waals surface area (Å²) in [6, 6.07) is 0. The monoisotopic (exact) mass is 160 g/mol. The van der Waals surface area contributed by atoms with Crippen LogP contribution in [0, 0.1) is 0 Å². The van der Waals surface area contributed by atoms with E-state index in [0.717, 1.165) is 0 Å². The molecule has 0 spiro atoms. The highest BCUT2D eigenvalue weighted by molar-refractivity contribution is 5.87. The molecule has 0 aliphatic carbocycles. The standard InChI is InChI=1S/C8H13FO2/c1-4-6(3)8(10)11-7(9)5-2/h4,7H,5H2,1-3H3. The fourth-order valence-corrected chi connectivity index (χ4v) is 0.410. The molecule has 0 rings (SSSR count). The first-order valence-corrected chi connectivity index (χ1v) is 3.59. The fraction of sp³-hybridized carbons (Fsp3) is 0.625. The Kier molecular flexibility index (Phi) is 4.50. The summed E-state index contributed by atoms with van der Waals surface area (Å²) in [5.41, 5.74) is 0.432. The van der Waals surface area contributed by atoms with E-state index in [-0.39, 0.29) is 6.42 Å². The molecular formula is C8H13FO2. The topological polar surface area (TPSA) is 26.3 Å². The van der Waals surface area contributed by atoms with Gasteiger partial charge < -0.3 is 4.74 Å². The van der Waals surface area contributed by atoms with Crippen molar-refractivity contribution in [1.29, 1.82) is 0 Å². The zero-order chi connectivity index (χ0) is 8.85. The first-order chi connectivity index (χ1) is 5.11. The van der Waals surface area contributed by atoms with E-state index in [1.165, 1.54) is 0 Å². The molecule has 1 unspecified atom stereocenters. The van der Waals surface area contributed by atoms with E-state index in [4.69, 9.17) is 0 Å². The molecule has 0 heterocycles. The minimum absolute atomic E-state index is 0.197. The van der Waals surface area contributed by atoms with E-state index in [0.29, 0.717) is 5.57 Å². The van der Waals surface area contributed by atoms with Crippen molar-refractivity contribution in [3.8, 4) is 0 Å². The van der Waals surface area contributed by atoms with Crippen molar-refractivity contribution in [2.75, 3.05) is 0 Å². The molecule has 64 valence electrons. The van der Waals surface area contributed by atoms with Crippen LogP contribution in [0.5, 0.6) is 0 Å². The van der Waals surface area contributed by atoms with Gasteiger partial charge in [-0.25, -0.2) is 9.18 Å². The van der Waals surface area contributed by atoms with E-state index in [2.05, 4.69) is 4.74 Å². The Balaban J connectivity index is 3.88. The molecule has 3 heteroatoms. The third kappa shape index (κ3) is 3.75. The molecule has 0 aromatic rings. The maximum atomic E-state index is 12.4. The molecule has 0 amide bonds. The van der Waals surface area contributed by atoms with Gasteiger partial charge in [0.2, 0.25) is 6.36 Å². The van der Waals surface area contributed by atoms with Gasteiger partial charge in [-0.05, 0) is 13.8 Å². The van der Waals surface area contributed by atoms with Gasteiger partial charge in [-0.15, -0.1) is 0 Å². The molecule has 0 aliphatic rings. The number of ether oxygens (including phenoxy) is 1. The van der Waals surface area contributed by atoms with E-state index in [9.17, 15) is 9.18 Å². The quantitative estimate of drug-likeness (QED) is 0.467. The van der Waals surface area contributed by atoms with Gasteiger partial charge in [-0.2, -0.15) is 0 Å². The average Bonchev–Trinajstić information content (AvgIpc) is 2.02. The Hall–Kier alpha value is -0.860. The van der Waals surface area contributed by atoms with Crippen molar-refractivity contribution in [2.45, 2.75) is 33.5 Å². The molecular weight excluding hydrogens is 147 g/mol. The summed E-state index contributed by atoms with van der Waals surface area (Å²) < 4.78 is 16.8. The van der Waals surface area contributed by atoms with Gasteiger partial charge in [0.25, 0.3) is 0 Å². The van der Waals surface area contributed by atoms with Gasteiger partial charge in [0, 0.05) is 12.0 Å². The van der Waals surface area contributed by atoms with Crippen LogP contribution in [-0.2, 0) is 9.53 Å². The lowest BCUT2D eigenvalue weighted by Gasteiger charge is -2.06. The molecule has 2 nitrogen and oxygen atoms in total. The highest BCUT2D eigenvalue weighted by Gasteiger charge is 2.10. The number of hydrogen-bond acceptors (Lipinski definition) is 2. The van der Waals surface area contributed by atoms with Gasteiger partial charge >= 0.3 is 5.97 Å². The van der Waals surface area contributed by atoms with Crippen LogP contribution in [0.1, 0.15) is 27.2 Å². The van der Waals surface area contributed by atoms with Crippen molar-refractivity contribution in [1.82, 2.24) is 0 Å². The predicted octanol–water partition coefficient (Wildman–Crippen LogP) is 2.20. The van der Waals surface area contributed by atoms with Crippen LogP contribution < -0.4 is 0 Å². The smallest absolute Gasteiger partial charge is 0.335 e. The summed E-state index contributed by atoms with van der Waals surface area (Å²) in [6.45, 7) is 4.91. The number of carbonyl (C=O) groups excluding carboxylic acids is 1. The third-order valence-electron chi connectivity index (χ3n) is 1.31. The molecule has 0 N–H and O–H groups in total. The summed E-state index contributed by atoms with van der Waals surface area (Å²) >= 11 is 0. The van der Waals surface area contributed by atoms with E-state index >= 15 is 0 Å². The van der Waals surface area contributed by atoms with Crippen LogP contribution in [0.2, 0.25) is 0 Å². The maximum Gasteiger partial charge on any atom is 0.335 e. The Morgan fingerprint density at radius 3 is 2.64 bits per heavy atom. The summed E-state index contributed by atoms with van der Waals surface area (Å²) in [5.74, 6) is -0.582. The average molecular weight is 160 g/mol. The lowest BCUT2D eigenvalue weighted by atomic mass is 10.3. The number of esters is 1. The second-order valence-corrected chi connectivity index (χ2v) is 2.20. The molecule has 0 fully saturated rings. The van der Waals surface area contributed by atoms with E-state index in [1.807, 2.05) is 0 Å². The zero-order valence-electron chi connectivity index (χ0n) is 7.06. The summed E-state index contributed by atoms with van der Waals surface area (Å²) in [6.07, 6.45) is 0.311. The Bertz CT molecular complexity index is 163. The lowest BCUT2D eigenvalue weighted by molar-refractivity contribution is -0.152. The molecule has 0 saturated heterocycles. The Morgan fingerprint density at radius 1 is 1.73 bits per heavy atom. The van der Waals surface area contributed by atoms with Crippen molar-refractivity contribution in [3.63, 3.8) is 0 Å². The Labute approximate surface area is 66.0 Å². The zero-order valence-corrected chi connectivity index (χ0v) is 7.06. The first kappa shape index (κ1) is 10.1. The Morgan fingerprint density at radius 2 is 2.27 bits per heavy atom. The van der Waals surface area contributed by atoms with Crippen molar-refractivity contribution in [3.05, 3.63) is 11.6 Å². The van der Waals surface area contributed by atoms with Crippen LogP contribution in [0.15, 0.2) is 11.6 Å². The summed E-state index contributed by atoms with van der Waals surface area (Å²) in [7, 11) is 0. The van der Waals surface area contributed by atoms with Crippen molar-refractivity contribution in [2.24, 2.45) is 0 Å². The molecule has 0 aliphatic heterocycles. The van der Waals surface area contributed by atoms with Crippen molar-refractivity contribution >= 4 is 5.97 Å². The highest BCUT2D eigenvalue weighted by atomic mass is 19.1. The highest BCUT2D eigenvalue weighted by Crippen LogP contribution is 2.04. The van der Waals surface area contributed by atoms with Gasteiger partial charge in [-0.1, -0.05) is 13.0 Å². The molecule has 11 heavy (non-hydrogen) atoms. The molecule has 0 aromatic heterocycles. The predicted molar refractivity (Wildman–Crippen MR) is 40.7 cm³/mol. The van der Waals surface area contributed by atoms with Gasteiger partial charge in [-0.3, -0.25) is 0 Å². The first-order valence-electron chi connectivity index (χ1n) is 3.59. The van der Waals surface area contributed by atoms with Crippen molar-refractivity contribution < 1.29 is 13.9 Å². The number of carbonyl (C=O) groups is 1. The van der Waals surface area contributed by atoms with Crippen LogP contribution >= 0.6 is 0 Å². The van der Waals surface area contributed by atoms with Crippen LogP contribution in [-0.4, -0.2) is 12.3 Å². The number of halogens is 1. The maximum absolute atomic E-state index is 12.4. The minimum atomic E-state index is -1.47. The molecule has 0 aromatic carbocycles. The van der Waals surface area contributed by atoms with Gasteiger partial charge in [0.1, 0.15) is 0 Å². The summed E-state index contributed by atoms with van der Waals surface area (Å²) in [5, 5.41) is 0. The number of hydrogen-bond donors (Lipinski definition) is 0. The molecule has 0 saturated carbocycles. The van der Waals surface area contributed by atoms with Crippen LogP contribution in [0.3, 0.4) is 0 Å².